The predicted octanol–water partition coefficient (Wildman–Crippen LogP) is 3.21. The Morgan fingerprint density at radius 2 is 2.08 bits per heavy atom. The van der Waals surface area contributed by atoms with Crippen LogP contribution in [0.4, 0.5) is 0 Å². The van der Waals surface area contributed by atoms with Gasteiger partial charge in [0, 0.05) is 36.3 Å². The lowest BCUT2D eigenvalue weighted by atomic mass is 9.78. The summed E-state index contributed by atoms with van der Waals surface area (Å²) in [4.78, 5) is 14.6. The van der Waals surface area contributed by atoms with Gasteiger partial charge < -0.3 is 14.7 Å². The Bertz CT molecular complexity index is 742. The Kier molecular flexibility index (Phi) is 4.06. The van der Waals surface area contributed by atoms with Crippen LogP contribution < -0.4 is 5.32 Å². The Hall–Kier alpha value is -1.85. The van der Waals surface area contributed by atoms with Gasteiger partial charge in [0.15, 0.2) is 11.5 Å². The van der Waals surface area contributed by atoms with Crippen molar-refractivity contribution in [1.29, 1.82) is 0 Å². The zero-order chi connectivity index (χ0) is 16.6. The average Bonchev–Trinajstić information content (AvgIpc) is 3.25. The van der Waals surface area contributed by atoms with Gasteiger partial charge >= 0.3 is 0 Å². The molecule has 3 heterocycles. The summed E-state index contributed by atoms with van der Waals surface area (Å²) in [6.45, 7) is 3.76. The summed E-state index contributed by atoms with van der Waals surface area (Å²) in [5.74, 6) is 0.516. The minimum absolute atomic E-state index is 0.0483. The summed E-state index contributed by atoms with van der Waals surface area (Å²) < 4.78 is 5.34. The van der Waals surface area contributed by atoms with Crippen molar-refractivity contribution in [2.45, 2.75) is 19.3 Å². The van der Waals surface area contributed by atoms with Crippen molar-refractivity contribution in [2.24, 2.45) is 5.41 Å². The van der Waals surface area contributed by atoms with E-state index in [1.165, 1.54) is 6.42 Å². The Morgan fingerprint density at radius 1 is 1.25 bits per heavy atom. The number of aromatic nitrogens is 1. The third kappa shape index (κ3) is 2.94. The monoisotopic (exact) mass is 345 g/mol. The molecule has 0 radical (unpaired) electrons. The molecule has 4 rings (SSSR count). The topological polar surface area (TPSA) is 58.4 Å². The van der Waals surface area contributed by atoms with Crippen LogP contribution >= 0.6 is 11.6 Å². The molecular weight excluding hydrogens is 326 g/mol. The zero-order valence-electron chi connectivity index (χ0n) is 13.4. The molecule has 1 aromatic carbocycles. The van der Waals surface area contributed by atoms with Gasteiger partial charge in [-0.15, -0.1) is 0 Å². The number of nitrogens with zero attached hydrogens (tertiary/aromatic N) is 2. The highest BCUT2D eigenvalue weighted by atomic mass is 35.5. The van der Waals surface area contributed by atoms with Crippen LogP contribution in [0.3, 0.4) is 0 Å². The lowest BCUT2D eigenvalue weighted by molar-refractivity contribution is 0.0598. The van der Waals surface area contributed by atoms with Gasteiger partial charge in [-0.1, -0.05) is 28.9 Å². The van der Waals surface area contributed by atoms with E-state index in [0.29, 0.717) is 21.9 Å². The van der Waals surface area contributed by atoms with E-state index in [-0.39, 0.29) is 5.91 Å². The number of carbonyl (C=O) groups excluding carboxylic acids is 1. The molecule has 0 unspecified atom stereocenters. The summed E-state index contributed by atoms with van der Waals surface area (Å²) in [6, 6.07) is 9.04. The van der Waals surface area contributed by atoms with Gasteiger partial charge in [-0.05, 0) is 43.4 Å². The van der Waals surface area contributed by atoms with Gasteiger partial charge in [0.1, 0.15) is 0 Å². The number of hydrogen-bond donors (Lipinski definition) is 1. The van der Waals surface area contributed by atoms with Crippen LogP contribution in [0, 0.1) is 5.41 Å². The van der Waals surface area contributed by atoms with Gasteiger partial charge in [-0.3, -0.25) is 4.79 Å². The maximum atomic E-state index is 12.7. The van der Waals surface area contributed by atoms with Crippen LogP contribution in [-0.4, -0.2) is 42.1 Å². The normalized spacial score (nSPS) is 19.8. The second kappa shape index (κ2) is 6.22. The molecule has 0 saturated carbocycles. The molecule has 24 heavy (non-hydrogen) atoms. The number of likely N-dealkylation sites (tertiary alicyclic amines) is 1. The SMILES string of the molecule is O=C(c1cc(-c2cccc(Cl)c2)on1)N1CCC2(CCNC2)CC1. The number of carbonyl (C=O) groups is 1. The first-order valence-electron chi connectivity index (χ1n) is 8.38. The highest BCUT2D eigenvalue weighted by Gasteiger charge is 2.38. The first-order valence-corrected chi connectivity index (χ1v) is 8.76. The fourth-order valence-corrected chi connectivity index (χ4v) is 3.91. The molecule has 0 atom stereocenters. The van der Waals surface area contributed by atoms with Crippen molar-refractivity contribution >= 4 is 17.5 Å². The van der Waals surface area contributed by atoms with Gasteiger partial charge in [0.25, 0.3) is 5.91 Å². The zero-order valence-corrected chi connectivity index (χ0v) is 14.2. The summed E-state index contributed by atoms with van der Waals surface area (Å²) >= 11 is 6.00. The first kappa shape index (κ1) is 15.7. The molecule has 0 bridgehead atoms. The third-order valence-electron chi connectivity index (χ3n) is 5.28. The molecule has 6 heteroatoms. The van der Waals surface area contributed by atoms with E-state index in [9.17, 15) is 4.79 Å². The molecule has 1 amide bonds. The molecule has 0 aliphatic carbocycles. The van der Waals surface area contributed by atoms with E-state index in [2.05, 4.69) is 10.5 Å². The third-order valence-corrected chi connectivity index (χ3v) is 5.52. The smallest absolute Gasteiger partial charge is 0.276 e. The summed E-state index contributed by atoms with van der Waals surface area (Å²) in [7, 11) is 0. The van der Waals surface area contributed by atoms with Crippen LogP contribution in [0.25, 0.3) is 11.3 Å². The Morgan fingerprint density at radius 3 is 2.79 bits per heavy atom. The lowest BCUT2D eigenvalue weighted by Crippen LogP contribution is -2.44. The van der Waals surface area contributed by atoms with Crippen molar-refractivity contribution < 1.29 is 9.32 Å². The number of benzene rings is 1. The molecule has 2 fully saturated rings. The standard InChI is InChI=1S/C18H20ClN3O2/c19-14-3-1-2-13(10-14)16-11-15(21-24-16)17(23)22-8-5-18(6-9-22)4-7-20-12-18/h1-3,10-11,20H,4-9,12H2. The van der Waals surface area contributed by atoms with E-state index in [4.69, 9.17) is 16.1 Å². The van der Waals surface area contributed by atoms with Crippen LogP contribution in [0.15, 0.2) is 34.9 Å². The predicted molar refractivity (Wildman–Crippen MR) is 92.0 cm³/mol. The number of piperidine rings is 1. The van der Waals surface area contributed by atoms with Gasteiger partial charge in [-0.25, -0.2) is 0 Å². The number of rotatable bonds is 2. The van der Waals surface area contributed by atoms with E-state index in [1.54, 1.807) is 18.2 Å². The maximum Gasteiger partial charge on any atom is 0.276 e. The molecule has 2 aliphatic heterocycles. The van der Waals surface area contributed by atoms with E-state index in [0.717, 1.165) is 44.6 Å². The highest BCUT2D eigenvalue weighted by molar-refractivity contribution is 6.30. The minimum Gasteiger partial charge on any atom is -0.355 e. The van der Waals surface area contributed by atoms with Crippen LogP contribution in [0.5, 0.6) is 0 Å². The average molecular weight is 346 g/mol. The van der Waals surface area contributed by atoms with E-state index in [1.807, 2.05) is 17.0 Å². The van der Waals surface area contributed by atoms with E-state index >= 15 is 0 Å². The molecule has 2 saturated heterocycles. The second-order valence-corrected chi connectivity index (χ2v) is 7.24. The second-order valence-electron chi connectivity index (χ2n) is 6.81. The molecule has 1 aromatic heterocycles. The fourth-order valence-electron chi connectivity index (χ4n) is 3.72. The van der Waals surface area contributed by atoms with Crippen molar-refractivity contribution in [1.82, 2.24) is 15.4 Å². The molecule has 2 aromatic rings. The summed E-state index contributed by atoms with van der Waals surface area (Å²) in [5, 5.41) is 8.04. The number of halogens is 1. The summed E-state index contributed by atoms with van der Waals surface area (Å²) in [5.41, 5.74) is 1.58. The van der Waals surface area contributed by atoms with Crippen molar-refractivity contribution in [2.75, 3.05) is 26.2 Å². The number of hydrogen-bond acceptors (Lipinski definition) is 4. The molecule has 2 aliphatic rings. The van der Waals surface area contributed by atoms with Crippen molar-refractivity contribution in [3.8, 4) is 11.3 Å². The Labute approximate surface area is 146 Å². The summed E-state index contributed by atoms with van der Waals surface area (Å²) in [6.07, 6.45) is 3.34. The molecular formula is C18H20ClN3O2. The molecule has 5 nitrogen and oxygen atoms in total. The fraction of sp³-hybridized carbons (Fsp3) is 0.444. The van der Waals surface area contributed by atoms with Crippen molar-refractivity contribution in [3.05, 3.63) is 41.0 Å². The number of nitrogens with one attached hydrogen (secondary N) is 1. The minimum atomic E-state index is -0.0483. The quantitative estimate of drug-likeness (QED) is 0.908. The van der Waals surface area contributed by atoms with Gasteiger partial charge in [0.05, 0.1) is 0 Å². The molecule has 1 N–H and O–H groups in total. The maximum absolute atomic E-state index is 12.7. The van der Waals surface area contributed by atoms with Crippen LogP contribution in [0.1, 0.15) is 29.8 Å². The van der Waals surface area contributed by atoms with Crippen LogP contribution in [0.2, 0.25) is 5.02 Å². The van der Waals surface area contributed by atoms with Gasteiger partial charge in [0.2, 0.25) is 0 Å². The highest BCUT2D eigenvalue weighted by Crippen LogP contribution is 2.37. The molecule has 1 spiro atoms. The lowest BCUT2D eigenvalue weighted by Gasteiger charge is -2.38. The largest absolute Gasteiger partial charge is 0.355 e. The first-order chi connectivity index (χ1) is 11.7. The molecule has 126 valence electrons. The van der Waals surface area contributed by atoms with Crippen LogP contribution in [-0.2, 0) is 0 Å². The Balaban J connectivity index is 1.46. The van der Waals surface area contributed by atoms with Crippen molar-refractivity contribution in [3.63, 3.8) is 0 Å². The van der Waals surface area contributed by atoms with Gasteiger partial charge in [-0.2, -0.15) is 0 Å². The number of amides is 1. The van der Waals surface area contributed by atoms with E-state index < -0.39 is 0 Å².